The average Bonchev–Trinajstić information content (AvgIpc) is 2.69. The fourth-order valence-electron chi connectivity index (χ4n) is 2.08. The van der Waals surface area contributed by atoms with Gasteiger partial charge in [0.1, 0.15) is 0 Å². The molecule has 0 aliphatic carbocycles. The molecule has 2 unspecified atom stereocenters. The number of rotatable bonds is 6. The van der Waals surface area contributed by atoms with Crippen molar-refractivity contribution in [1.82, 2.24) is 9.78 Å². The molecule has 17 heavy (non-hydrogen) atoms. The zero-order valence-electron chi connectivity index (χ0n) is 11.8. The Morgan fingerprint density at radius 1 is 1.41 bits per heavy atom. The second-order valence-corrected chi connectivity index (χ2v) is 5.14. The summed E-state index contributed by atoms with van der Waals surface area (Å²) in [7, 11) is 0. The Balaban J connectivity index is 2.89. The Hall–Kier alpha value is -0.830. The second-order valence-electron chi connectivity index (χ2n) is 5.14. The van der Waals surface area contributed by atoms with Gasteiger partial charge in [0.05, 0.1) is 11.3 Å². The lowest BCUT2D eigenvalue weighted by Crippen LogP contribution is -2.35. The molecule has 98 valence electrons. The van der Waals surface area contributed by atoms with Gasteiger partial charge in [-0.1, -0.05) is 27.2 Å². The van der Waals surface area contributed by atoms with Gasteiger partial charge in [-0.3, -0.25) is 4.68 Å². The summed E-state index contributed by atoms with van der Waals surface area (Å²) in [5, 5.41) is 15.0. The minimum absolute atomic E-state index is 0.299. The van der Waals surface area contributed by atoms with Gasteiger partial charge in [0.25, 0.3) is 0 Å². The lowest BCUT2D eigenvalue weighted by atomic mass is 9.85. The molecule has 0 bridgehead atoms. The van der Waals surface area contributed by atoms with Crippen molar-refractivity contribution < 1.29 is 5.11 Å². The van der Waals surface area contributed by atoms with Crippen molar-refractivity contribution in [2.45, 2.75) is 66.0 Å². The molecule has 1 heterocycles. The molecule has 0 spiro atoms. The molecule has 0 saturated heterocycles. The highest BCUT2D eigenvalue weighted by atomic mass is 16.3. The molecule has 1 aromatic rings. The third-order valence-electron chi connectivity index (χ3n) is 3.79. The van der Waals surface area contributed by atoms with E-state index in [1.54, 1.807) is 0 Å². The minimum Gasteiger partial charge on any atom is -0.389 e. The summed E-state index contributed by atoms with van der Waals surface area (Å²) in [4.78, 5) is 0. The highest BCUT2D eigenvalue weighted by molar-refractivity contribution is 5.13. The van der Waals surface area contributed by atoms with E-state index in [1.165, 1.54) is 0 Å². The van der Waals surface area contributed by atoms with Crippen LogP contribution in [0, 0.1) is 5.92 Å². The van der Waals surface area contributed by atoms with Gasteiger partial charge in [0.2, 0.25) is 0 Å². The monoisotopic (exact) mass is 238 g/mol. The normalized spacial score (nSPS) is 16.8. The number of aliphatic hydroxyl groups is 1. The van der Waals surface area contributed by atoms with E-state index in [9.17, 15) is 5.11 Å². The minimum atomic E-state index is -0.646. The summed E-state index contributed by atoms with van der Waals surface area (Å²) in [5.74, 6) is 0.299. The quantitative estimate of drug-likeness (QED) is 0.827. The summed E-state index contributed by atoms with van der Waals surface area (Å²) in [5.41, 5.74) is 1.61. The van der Waals surface area contributed by atoms with Crippen LogP contribution in [0.3, 0.4) is 0 Å². The lowest BCUT2D eigenvalue weighted by molar-refractivity contribution is 0.00344. The molecule has 3 nitrogen and oxygen atoms in total. The van der Waals surface area contributed by atoms with E-state index in [0.29, 0.717) is 12.3 Å². The Morgan fingerprint density at radius 2 is 2.06 bits per heavy atom. The van der Waals surface area contributed by atoms with Gasteiger partial charge in [0.15, 0.2) is 0 Å². The summed E-state index contributed by atoms with van der Waals surface area (Å²) in [6.07, 6.45) is 2.63. The van der Waals surface area contributed by atoms with Gasteiger partial charge >= 0.3 is 0 Å². The molecular weight excluding hydrogens is 212 g/mol. The largest absolute Gasteiger partial charge is 0.389 e. The molecule has 0 aliphatic heterocycles. The van der Waals surface area contributed by atoms with E-state index in [2.05, 4.69) is 38.9 Å². The number of aromatic nitrogens is 2. The maximum Gasteiger partial charge on any atom is 0.0700 e. The molecule has 0 amide bonds. The summed E-state index contributed by atoms with van der Waals surface area (Å²) in [6.45, 7) is 11.2. The maximum absolute atomic E-state index is 10.5. The fraction of sp³-hybridized carbons (Fsp3) is 0.786. The van der Waals surface area contributed by atoms with Crippen molar-refractivity contribution >= 4 is 0 Å². The van der Waals surface area contributed by atoms with Gasteiger partial charge in [0, 0.05) is 18.7 Å². The molecule has 1 rings (SSSR count). The highest BCUT2D eigenvalue weighted by Crippen LogP contribution is 2.25. The predicted octanol–water partition coefficient (Wildman–Crippen LogP) is 2.81. The van der Waals surface area contributed by atoms with E-state index in [-0.39, 0.29) is 0 Å². The number of hydrogen-bond donors (Lipinski definition) is 1. The van der Waals surface area contributed by atoms with Crippen LogP contribution in [0.4, 0.5) is 0 Å². The van der Waals surface area contributed by atoms with Crippen LogP contribution >= 0.6 is 0 Å². The maximum atomic E-state index is 10.5. The third-order valence-corrected chi connectivity index (χ3v) is 3.79. The highest BCUT2D eigenvalue weighted by Gasteiger charge is 2.28. The van der Waals surface area contributed by atoms with Crippen molar-refractivity contribution in [2.75, 3.05) is 0 Å². The van der Waals surface area contributed by atoms with Gasteiger partial charge in [-0.15, -0.1) is 0 Å². The van der Waals surface area contributed by atoms with Crippen molar-refractivity contribution in [2.24, 2.45) is 5.92 Å². The van der Waals surface area contributed by atoms with Crippen molar-refractivity contribution in [3.05, 3.63) is 17.5 Å². The van der Waals surface area contributed by atoms with Gasteiger partial charge in [-0.05, 0) is 32.3 Å². The second kappa shape index (κ2) is 5.67. The smallest absolute Gasteiger partial charge is 0.0700 e. The van der Waals surface area contributed by atoms with E-state index >= 15 is 0 Å². The first-order valence-corrected chi connectivity index (χ1v) is 6.72. The standard InChI is InChI=1S/C14H26N2O/c1-6-11(4)14(5,17)10-13-9-12(7-2)15-16(13)8-3/h9,11,17H,6-8,10H2,1-5H3. The first-order chi connectivity index (χ1) is 7.94. The SMILES string of the molecule is CCc1cc(CC(C)(O)C(C)CC)n(CC)n1. The van der Waals surface area contributed by atoms with E-state index < -0.39 is 5.60 Å². The average molecular weight is 238 g/mol. The van der Waals surface area contributed by atoms with Gasteiger partial charge < -0.3 is 5.11 Å². The van der Waals surface area contributed by atoms with E-state index in [1.807, 2.05) is 11.6 Å². The number of hydrogen-bond acceptors (Lipinski definition) is 2. The zero-order valence-corrected chi connectivity index (χ0v) is 11.8. The van der Waals surface area contributed by atoms with Gasteiger partial charge in [-0.2, -0.15) is 5.10 Å². The molecule has 3 heteroatoms. The van der Waals surface area contributed by atoms with Crippen molar-refractivity contribution in [3.63, 3.8) is 0 Å². The van der Waals surface area contributed by atoms with Gasteiger partial charge in [-0.25, -0.2) is 0 Å². The fourth-order valence-corrected chi connectivity index (χ4v) is 2.08. The topological polar surface area (TPSA) is 38.0 Å². The van der Waals surface area contributed by atoms with Crippen molar-refractivity contribution in [3.8, 4) is 0 Å². The Morgan fingerprint density at radius 3 is 2.53 bits per heavy atom. The van der Waals surface area contributed by atoms with Crippen LogP contribution in [0.25, 0.3) is 0 Å². The first-order valence-electron chi connectivity index (χ1n) is 6.72. The molecule has 0 aromatic carbocycles. The van der Waals surface area contributed by atoms with Crippen LogP contribution in [0.1, 0.15) is 52.4 Å². The number of aryl methyl sites for hydroxylation is 2. The molecule has 0 aliphatic rings. The van der Waals surface area contributed by atoms with Crippen LogP contribution in [0.2, 0.25) is 0 Å². The van der Waals surface area contributed by atoms with Crippen LogP contribution in [-0.4, -0.2) is 20.5 Å². The molecule has 0 saturated carbocycles. The van der Waals surface area contributed by atoms with E-state index in [4.69, 9.17) is 0 Å². The lowest BCUT2D eigenvalue weighted by Gasteiger charge is -2.29. The molecule has 0 radical (unpaired) electrons. The van der Waals surface area contributed by atoms with Crippen LogP contribution in [0.5, 0.6) is 0 Å². The summed E-state index contributed by atoms with van der Waals surface area (Å²) < 4.78 is 2.01. The first kappa shape index (κ1) is 14.2. The molecular formula is C14H26N2O. The van der Waals surface area contributed by atoms with Crippen LogP contribution in [-0.2, 0) is 19.4 Å². The number of nitrogens with zero attached hydrogens (tertiary/aromatic N) is 2. The van der Waals surface area contributed by atoms with Crippen LogP contribution < -0.4 is 0 Å². The van der Waals surface area contributed by atoms with E-state index in [0.717, 1.165) is 30.8 Å². The predicted molar refractivity (Wildman–Crippen MR) is 71.1 cm³/mol. The molecule has 1 aromatic heterocycles. The Kier molecular flexibility index (Phi) is 4.75. The third kappa shape index (κ3) is 3.32. The van der Waals surface area contributed by atoms with Crippen molar-refractivity contribution in [1.29, 1.82) is 0 Å². The molecule has 0 fully saturated rings. The molecule has 2 atom stereocenters. The Bertz CT molecular complexity index is 355. The summed E-state index contributed by atoms with van der Waals surface area (Å²) >= 11 is 0. The summed E-state index contributed by atoms with van der Waals surface area (Å²) in [6, 6.07) is 2.13. The zero-order chi connectivity index (χ0) is 13.1. The molecule has 1 N–H and O–H groups in total. The Labute approximate surface area is 105 Å². The van der Waals surface area contributed by atoms with Crippen LogP contribution in [0.15, 0.2) is 6.07 Å².